The highest BCUT2D eigenvalue weighted by atomic mass is 35.5. The summed E-state index contributed by atoms with van der Waals surface area (Å²) >= 11 is 5.48. The summed E-state index contributed by atoms with van der Waals surface area (Å²) in [5, 5.41) is 5.38. The highest BCUT2D eigenvalue weighted by Gasteiger charge is 2.08. The Hall–Kier alpha value is -2.27. The SMILES string of the molecule is O=C(CCCl)Nc1ccc(NC(=O)c2ccco2)cc1. The van der Waals surface area contributed by atoms with E-state index in [4.69, 9.17) is 16.0 Å². The van der Waals surface area contributed by atoms with Gasteiger partial charge in [-0.2, -0.15) is 0 Å². The van der Waals surface area contributed by atoms with Gasteiger partial charge < -0.3 is 15.1 Å². The molecule has 2 rings (SSSR count). The average molecular weight is 293 g/mol. The van der Waals surface area contributed by atoms with Crippen LogP contribution in [0.1, 0.15) is 17.0 Å². The zero-order valence-corrected chi connectivity index (χ0v) is 11.3. The molecule has 104 valence electrons. The van der Waals surface area contributed by atoms with Crippen LogP contribution in [0.5, 0.6) is 0 Å². The van der Waals surface area contributed by atoms with E-state index in [1.165, 1.54) is 6.26 Å². The summed E-state index contributed by atoms with van der Waals surface area (Å²) in [6.45, 7) is 0. The first kappa shape index (κ1) is 14.1. The molecule has 0 radical (unpaired) electrons. The number of benzene rings is 1. The van der Waals surface area contributed by atoms with Crippen molar-refractivity contribution in [3.63, 3.8) is 0 Å². The lowest BCUT2D eigenvalue weighted by atomic mass is 10.2. The number of carbonyl (C=O) groups is 2. The molecule has 0 unspecified atom stereocenters. The van der Waals surface area contributed by atoms with Crippen molar-refractivity contribution in [2.24, 2.45) is 0 Å². The molecular formula is C14H13ClN2O3. The monoisotopic (exact) mass is 292 g/mol. The van der Waals surface area contributed by atoms with Gasteiger partial charge in [-0.25, -0.2) is 0 Å². The molecular weight excluding hydrogens is 280 g/mol. The lowest BCUT2D eigenvalue weighted by Crippen LogP contribution is -2.12. The van der Waals surface area contributed by atoms with Crippen LogP contribution in [0.2, 0.25) is 0 Å². The van der Waals surface area contributed by atoms with Crippen LogP contribution in [0.15, 0.2) is 47.1 Å². The van der Waals surface area contributed by atoms with E-state index in [0.29, 0.717) is 11.4 Å². The first-order chi connectivity index (χ1) is 9.69. The maximum absolute atomic E-state index is 11.7. The highest BCUT2D eigenvalue weighted by molar-refractivity contribution is 6.19. The Balaban J connectivity index is 1.95. The summed E-state index contributed by atoms with van der Waals surface area (Å²) in [4.78, 5) is 23.1. The number of nitrogens with one attached hydrogen (secondary N) is 2. The number of rotatable bonds is 5. The van der Waals surface area contributed by atoms with Crippen molar-refractivity contribution in [3.05, 3.63) is 48.4 Å². The van der Waals surface area contributed by atoms with E-state index in [1.54, 1.807) is 36.4 Å². The molecule has 0 aliphatic heterocycles. The van der Waals surface area contributed by atoms with Gasteiger partial charge in [-0.15, -0.1) is 11.6 Å². The first-order valence-corrected chi connectivity index (χ1v) is 6.53. The Bertz CT molecular complexity index is 579. The number of hydrogen-bond donors (Lipinski definition) is 2. The lowest BCUT2D eigenvalue weighted by Gasteiger charge is -2.06. The molecule has 0 aliphatic carbocycles. The van der Waals surface area contributed by atoms with E-state index in [9.17, 15) is 9.59 Å². The van der Waals surface area contributed by atoms with E-state index in [1.807, 2.05) is 0 Å². The largest absolute Gasteiger partial charge is 0.459 e. The van der Waals surface area contributed by atoms with E-state index in [2.05, 4.69) is 10.6 Å². The van der Waals surface area contributed by atoms with Crippen LogP contribution < -0.4 is 10.6 Å². The van der Waals surface area contributed by atoms with Crippen molar-refractivity contribution in [2.45, 2.75) is 6.42 Å². The van der Waals surface area contributed by atoms with Crippen molar-refractivity contribution in [2.75, 3.05) is 16.5 Å². The molecule has 20 heavy (non-hydrogen) atoms. The second-order valence-corrected chi connectivity index (χ2v) is 4.37. The molecule has 2 N–H and O–H groups in total. The standard InChI is InChI=1S/C14H13ClN2O3/c15-8-7-13(18)16-10-3-5-11(6-4-10)17-14(19)12-2-1-9-20-12/h1-6,9H,7-8H2,(H,16,18)(H,17,19). The number of anilines is 2. The summed E-state index contributed by atoms with van der Waals surface area (Å²) in [7, 11) is 0. The Morgan fingerprint density at radius 2 is 1.70 bits per heavy atom. The summed E-state index contributed by atoms with van der Waals surface area (Å²) < 4.78 is 4.99. The van der Waals surface area contributed by atoms with Gasteiger partial charge in [0.25, 0.3) is 5.91 Å². The second kappa shape index (κ2) is 6.77. The molecule has 6 heteroatoms. The predicted octanol–water partition coefficient (Wildman–Crippen LogP) is 3.10. The smallest absolute Gasteiger partial charge is 0.291 e. The van der Waals surface area contributed by atoms with E-state index in [-0.39, 0.29) is 29.9 Å². The fourth-order valence-electron chi connectivity index (χ4n) is 1.55. The molecule has 0 fully saturated rings. The number of halogens is 1. The summed E-state index contributed by atoms with van der Waals surface area (Å²) in [5.41, 5.74) is 1.26. The predicted molar refractivity (Wildman–Crippen MR) is 77.1 cm³/mol. The third kappa shape index (κ3) is 3.86. The first-order valence-electron chi connectivity index (χ1n) is 6.00. The maximum Gasteiger partial charge on any atom is 0.291 e. The van der Waals surface area contributed by atoms with Gasteiger partial charge in [-0.3, -0.25) is 9.59 Å². The van der Waals surface area contributed by atoms with Gasteiger partial charge in [0.15, 0.2) is 5.76 Å². The highest BCUT2D eigenvalue weighted by Crippen LogP contribution is 2.15. The lowest BCUT2D eigenvalue weighted by molar-refractivity contribution is -0.115. The topological polar surface area (TPSA) is 71.3 Å². The minimum Gasteiger partial charge on any atom is -0.459 e. The van der Waals surface area contributed by atoms with E-state index in [0.717, 1.165) is 0 Å². The number of amides is 2. The van der Waals surface area contributed by atoms with Gasteiger partial charge in [0.2, 0.25) is 5.91 Å². The summed E-state index contributed by atoms with van der Waals surface area (Å²) in [6.07, 6.45) is 1.70. The fraction of sp³-hybridized carbons (Fsp3) is 0.143. The zero-order valence-electron chi connectivity index (χ0n) is 10.6. The van der Waals surface area contributed by atoms with Crippen LogP contribution in [-0.4, -0.2) is 17.7 Å². The molecule has 1 aromatic heterocycles. The van der Waals surface area contributed by atoms with E-state index >= 15 is 0 Å². The van der Waals surface area contributed by atoms with Crippen molar-refractivity contribution >= 4 is 34.8 Å². The molecule has 2 aromatic rings. The molecule has 2 amide bonds. The van der Waals surface area contributed by atoms with Crippen molar-refractivity contribution < 1.29 is 14.0 Å². The average Bonchev–Trinajstić information content (AvgIpc) is 2.95. The Kier molecular flexibility index (Phi) is 4.79. The van der Waals surface area contributed by atoms with Crippen molar-refractivity contribution in [1.29, 1.82) is 0 Å². The van der Waals surface area contributed by atoms with E-state index < -0.39 is 0 Å². The van der Waals surface area contributed by atoms with Crippen molar-refractivity contribution in [3.8, 4) is 0 Å². The molecule has 0 aliphatic rings. The van der Waals surface area contributed by atoms with Gasteiger partial charge in [0.1, 0.15) is 0 Å². The molecule has 0 bridgehead atoms. The van der Waals surface area contributed by atoms with Crippen LogP contribution in [0.3, 0.4) is 0 Å². The number of alkyl halides is 1. The minimum absolute atomic E-state index is 0.146. The quantitative estimate of drug-likeness (QED) is 0.832. The summed E-state index contributed by atoms with van der Waals surface area (Å²) in [6, 6.07) is 10.0. The van der Waals surface area contributed by atoms with Crippen molar-refractivity contribution in [1.82, 2.24) is 0 Å². The normalized spacial score (nSPS) is 10.1. The Morgan fingerprint density at radius 3 is 2.25 bits per heavy atom. The fourth-order valence-corrected chi connectivity index (χ4v) is 1.72. The minimum atomic E-state index is -0.325. The molecule has 0 saturated heterocycles. The van der Waals surface area contributed by atoms with Crippen LogP contribution in [0, 0.1) is 0 Å². The summed E-state index contributed by atoms with van der Waals surface area (Å²) in [5.74, 6) is 0.0501. The van der Waals surface area contributed by atoms with Gasteiger partial charge in [0.05, 0.1) is 6.26 Å². The van der Waals surface area contributed by atoms with Gasteiger partial charge in [-0.05, 0) is 36.4 Å². The molecule has 1 heterocycles. The zero-order chi connectivity index (χ0) is 14.4. The number of furan rings is 1. The van der Waals surface area contributed by atoms with Crippen LogP contribution in [0.25, 0.3) is 0 Å². The Morgan fingerprint density at radius 1 is 1.05 bits per heavy atom. The Labute approximate surface area is 120 Å². The molecule has 0 atom stereocenters. The molecule has 0 spiro atoms. The van der Waals surface area contributed by atoms with Gasteiger partial charge >= 0.3 is 0 Å². The number of hydrogen-bond acceptors (Lipinski definition) is 3. The third-order valence-corrected chi connectivity index (χ3v) is 2.68. The van der Waals surface area contributed by atoms with Crippen LogP contribution in [-0.2, 0) is 4.79 Å². The van der Waals surface area contributed by atoms with Gasteiger partial charge in [-0.1, -0.05) is 0 Å². The number of carbonyl (C=O) groups excluding carboxylic acids is 2. The molecule has 0 saturated carbocycles. The van der Waals surface area contributed by atoms with Crippen LogP contribution >= 0.6 is 11.6 Å². The molecule has 1 aromatic carbocycles. The van der Waals surface area contributed by atoms with Gasteiger partial charge in [0, 0.05) is 23.7 Å². The third-order valence-electron chi connectivity index (χ3n) is 2.49. The molecule has 5 nitrogen and oxygen atoms in total. The van der Waals surface area contributed by atoms with Crippen LogP contribution in [0.4, 0.5) is 11.4 Å². The second-order valence-electron chi connectivity index (χ2n) is 4.00. The maximum atomic E-state index is 11.7.